The molecule has 0 radical (unpaired) electrons. The number of pyridine rings is 1. The zero-order chi connectivity index (χ0) is 15.4. The van der Waals surface area contributed by atoms with Gasteiger partial charge in [-0.3, -0.25) is 9.78 Å². The van der Waals surface area contributed by atoms with Crippen LogP contribution in [0.2, 0.25) is 0 Å². The molecule has 0 aliphatic rings. The fourth-order valence-electron chi connectivity index (χ4n) is 2.18. The highest BCUT2D eigenvalue weighted by atomic mass is 16.5. The summed E-state index contributed by atoms with van der Waals surface area (Å²) in [6, 6.07) is 17.0. The van der Waals surface area contributed by atoms with Gasteiger partial charge in [0.2, 0.25) is 0 Å². The zero-order valence-corrected chi connectivity index (χ0v) is 12.2. The van der Waals surface area contributed by atoms with E-state index in [1.54, 1.807) is 6.20 Å². The van der Waals surface area contributed by atoms with Gasteiger partial charge in [0.25, 0.3) is 5.91 Å². The minimum Gasteiger partial charge on any atom is -0.484 e. The summed E-state index contributed by atoms with van der Waals surface area (Å²) in [5.74, 6) is 0.484. The molecule has 2 aromatic carbocycles. The van der Waals surface area contributed by atoms with Crippen molar-refractivity contribution < 1.29 is 9.53 Å². The summed E-state index contributed by atoms with van der Waals surface area (Å²) >= 11 is 0. The van der Waals surface area contributed by atoms with Crippen LogP contribution in [0, 0.1) is 6.92 Å². The second-order valence-electron chi connectivity index (χ2n) is 5.03. The van der Waals surface area contributed by atoms with E-state index in [9.17, 15) is 4.79 Å². The third kappa shape index (κ3) is 3.23. The van der Waals surface area contributed by atoms with Crippen molar-refractivity contribution >= 4 is 22.5 Å². The SMILES string of the molecule is Cc1ccc(OCC(=O)Nc2cccc3ncccc23)cc1. The summed E-state index contributed by atoms with van der Waals surface area (Å²) in [6.45, 7) is 1.98. The number of anilines is 1. The molecule has 3 aromatic rings. The van der Waals surface area contributed by atoms with Crippen molar-refractivity contribution in [2.75, 3.05) is 11.9 Å². The van der Waals surface area contributed by atoms with Crippen molar-refractivity contribution in [2.45, 2.75) is 6.92 Å². The Morgan fingerprint density at radius 1 is 1.09 bits per heavy atom. The van der Waals surface area contributed by atoms with Gasteiger partial charge in [-0.05, 0) is 43.3 Å². The summed E-state index contributed by atoms with van der Waals surface area (Å²) in [6.07, 6.45) is 1.73. The predicted octanol–water partition coefficient (Wildman–Crippen LogP) is 3.56. The summed E-state index contributed by atoms with van der Waals surface area (Å²) in [7, 11) is 0. The lowest BCUT2D eigenvalue weighted by atomic mass is 10.2. The average molecular weight is 292 g/mol. The molecule has 0 aliphatic heterocycles. The summed E-state index contributed by atoms with van der Waals surface area (Å²) < 4.78 is 5.48. The number of rotatable bonds is 4. The second-order valence-corrected chi connectivity index (χ2v) is 5.03. The molecule has 0 aliphatic carbocycles. The number of hydrogen-bond acceptors (Lipinski definition) is 3. The van der Waals surface area contributed by atoms with Crippen molar-refractivity contribution in [3.63, 3.8) is 0 Å². The molecule has 110 valence electrons. The van der Waals surface area contributed by atoms with Gasteiger partial charge in [-0.2, -0.15) is 0 Å². The number of aryl methyl sites for hydroxylation is 1. The molecule has 0 saturated heterocycles. The normalized spacial score (nSPS) is 10.4. The first-order valence-electron chi connectivity index (χ1n) is 7.05. The maximum Gasteiger partial charge on any atom is 0.262 e. The van der Waals surface area contributed by atoms with Crippen molar-refractivity contribution in [3.8, 4) is 5.75 Å². The smallest absolute Gasteiger partial charge is 0.262 e. The Labute approximate surface area is 128 Å². The minimum absolute atomic E-state index is 0.0281. The molecule has 22 heavy (non-hydrogen) atoms. The van der Waals surface area contributed by atoms with Crippen molar-refractivity contribution in [3.05, 3.63) is 66.4 Å². The molecule has 1 amide bonds. The van der Waals surface area contributed by atoms with Crippen LogP contribution in [0.1, 0.15) is 5.56 Å². The van der Waals surface area contributed by atoms with E-state index in [-0.39, 0.29) is 12.5 Å². The number of amides is 1. The van der Waals surface area contributed by atoms with E-state index in [1.807, 2.05) is 61.5 Å². The van der Waals surface area contributed by atoms with E-state index in [0.29, 0.717) is 5.75 Å². The van der Waals surface area contributed by atoms with E-state index in [4.69, 9.17) is 4.74 Å². The van der Waals surface area contributed by atoms with Crippen LogP contribution in [-0.4, -0.2) is 17.5 Å². The summed E-state index contributed by atoms with van der Waals surface area (Å²) in [4.78, 5) is 16.3. The first kappa shape index (κ1) is 14.1. The van der Waals surface area contributed by atoms with Crippen LogP contribution in [0.5, 0.6) is 5.75 Å². The summed E-state index contributed by atoms with van der Waals surface area (Å²) in [5, 5.41) is 3.77. The van der Waals surface area contributed by atoms with Crippen LogP contribution in [0.4, 0.5) is 5.69 Å². The average Bonchev–Trinajstić information content (AvgIpc) is 2.55. The van der Waals surface area contributed by atoms with Gasteiger partial charge in [0.15, 0.2) is 6.61 Å². The van der Waals surface area contributed by atoms with Gasteiger partial charge in [0, 0.05) is 11.6 Å². The Kier molecular flexibility index (Phi) is 4.01. The van der Waals surface area contributed by atoms with Gasteiger partial charge in [-0.15, -0.1) is 0 Å². The lowest BCUT2D eigenvalue weighted by Crippen LogP contribution is -2.20. The standard InChI is InChI=1S/C18H16N2O2/c1-13-7-9-14(10-8-13)22-12-18(21)20-17-6-2-5-16-15(17)4-3-11-19-16/h2-11H,12H2,1H3,(H,20,21). The van der Waals surface area contributed by atoms with Gasteiger partial charge in [-0.1, -0.05) is 23.8 Å². The number of nitrogens with one attached hydrogen (secondary N) is 1. The largest absolute Gasteiger partial charge is 0.484 e. The fraction of sp³-hybridized carbons (Fsp3) is 0.111. The maximum atomic E-state index is 12.0. The Morgan fingerprint density at radius 2 is 1.91 bits per heavy atom. The molecule has 0 saturated carbocycles. The van der Waals surface area contributed by atoms with E-state index >= 15 is 0 Å². The number of benzene rings is 2. The van der Waals surface area contributed by atoms with Crippen molar-refractivity contribution in [1.29, 1.82) is 0 Å². The van der Waals surface area contributed by atoms with Gasteiger partial charge < -0.3 is 10.1 Å². The van der Waals surface area contributed by atoms with Gasteiger partial charge >= 0.3 is 0 Å². The topological polar surface area (TPSA) is 51.2 Å². The van der Waals surface area contributed by atoms with Gasteiger partial charge in [0.1, 0.15) is 5.75 Å². The maximum absolute atomic E-state index is 12.0. The number of hydrogen-bond donors (Lipinski definition) is 1. The number of carbonyl (C=O) groups excluding carboxylic acids is 1. The number of fused-ring (bicyclic) bond motifs is 1. The molecular formula is C18H16N2O2. The van der Waals surface area contributed by atoms with Crippen LogP contribution in [-0.2, 0) is 4.79 Å². The molecule has 0 bridgehead atoms. The summed E-state index contributed by atoms with van der Waals surface area (Å²) in [5.41, 5.74) is 2.74. The van der Waals surface area contributed by atoms with Gasteiger partial charge in [0.05, 0.1) is 11.2 Å². The van der Waals surface area contributed by atoms with Gasteiger partial charge in [-0.25, -0.2) is 0 Å². The van der Waals surface area contributed by atoms with E-state index in [2.05, 4.69) is 10.3 Å². The second kappa shape index (κ2) is 6.26. The Balaban J connectivity index is 1.67. The molecule has 1 aromatic heterocycles. The quantitative estimate of drug-likeness (QED) is 0.800. The molecule has 0 fully saturated rings. The predicted molar refractivity (Wildman–Crippen MR) is 87.0 cm³/mol. The number of aromatic nitrogens is 1. The van der Waals surface area contributed by atoms with Crippen LogP contribution in [0.25, 0.3) is 10.9 Å². The molecule has 4 heteroatoms. The highest BCUT2D eigenvalue weighted by Crippen LogP contribution is 2.21. The highest BCUT2D eigenvalue weighted by molar-refractivity contribution is 6.01. The minimum atomic E-state index is -0.197. The number of nitrogens with zero attached hydrogens (tertiary/aromatic N) is 1. The van der Waals surface area contributed by atoms with E-state index in [1.165, 1.54) is 0 Å². The molecule has 1 heterocycles. The zero-order valence-electron chi connectivity index (χ0n) is 12.2. The van der Waals surface area contributed by atoms with Crippen molar-refractivity contribution in [2.24, 2.45) is 0 Å². The third-order valence-electron chi connectivity index (χ3n) is 3.31. The lowest BCUT2D eigenvalue weighted by molar-refractivity contribution is -0.118. The molecule has 3 rings (SSSR count). The Morgan fingerprint density at radius 3 is 2.73 bits per heavy atom. The Hall–Kier alpha value is -2.88. The Bertz CT molecular complexity index is 792. The van der Waals surface area contributed by atoms with Crippen LogP contribution in [0.15, 0.2) is 60.8 Å². The molecule has 0 unspecified atom stereocenters. The molecule has 0 spiro atoms. The van der Waals surface area contributed by atoms with E-state index in [0.717, 1.165) is 22.2 Å². The van der Waals surface area contributed by atoms with Crippen LogP contribution >= 0.6 is 0 Å². The highest BCUT2D eigenvalue weighted by Gasteiger charge is 2.07. The monoisotopic (exact) mass is 292 g/mol. The molecule has 0 atom stereocenters. The third-order valence-corrected chi connectivity index (χ3v) is 3.31. The van der Waals surface area contributed by atoms with Crippen LogP contribution < -0.4 is 10.1 Å². The first-order valence-corrected chi connectivity index (χ1v) is 7.05. The van der Waals surface area contributed by atoms with E-state index < -0.39 is 0 Å². The number of carbonyl (C=O) groups is 1. The first-order chi connectivity index (χ1) is 10.7. The lowest BCUT2D eigenvalue weighted by Gasteiger charge is -2.09. The van der Waals surface area contributed by atoms with Crippen LogP contribution in [0.3, 0.4) is 0 Å². The molecule has 4 nitrogen and oxygen atoms in total. The fourth-order valence-corrected chi connectivity index (χ4v) is 2.18. The van der Waals surface area contributed by atoms with Crippen molar-refractivity contribution in [1.82, 2.24) is 4.98 Å². The molecular weight excluding hydrogens is 276 g/mol. The number of ether oxygens (including phenoxy) is 1. The molecule has 1 N–H and O–H groups in total.